The molecule has 0 heterocycles. The summed E-state index contributed by atoms with van der Waals surface area (Å²) in [4.78, 5) is 0.219. The van der Waals surface area contributed by atoms with Gasteiger partial charge in [-0.1, -0.05) is 36.4 Å². The molecular formula is C15H16N2O2S. The average molecular weight is 288 g/mol. The van der Waals surface area contributed by atoms with Gasteiger partial charge in [-0.15, -0.1) is 0 Å². The van der Waals surface area contributed by atoms with Crippen LogP contribution in [0.4, 0.5) is 5.69 Å². The van der Waals surface area contributed by atoms with Gasteiger partial charge in [-0.3, -0.25) is 0 Å². The summed E-state index contributed by atoms with van der Waals surface area (Å²) in [5.74, 6) is 0.270. The number of nitrogens with one attached hydrogen (secondary N) is 1. The second-order valence-electron chi connectivity index (χ2n) is 5.05. The van der Waals surface area contributed by atoms with Crippen LogP contribution in [-0.4, -0.2) is 14.5 Å². The molecule has 1 aliphatic rings. The number of hydrogen-bond donors (Lipinski definition) is 2. The Labute approximate surface area is 118 Å². The monoisotopic (exact) mass is 288 g/mol. The molecule has 1 fully saturated rings. The van der Waals surface area contributed by atoms with E-state index < -0.39 is 10.0 Å². The topological polar surface area (TPSA) is 72.2 Å². The highest BCUT2D eigenvalue weighted by molar-refractivity contribution is 7.89. The molecule has 0 amide bonds. The first kappa shape index (κ1) is 13.1. The van der Waals surface area contributed by atoms with Gasteiger partial charge in [-0.2, -0.15) is 0 Å². The van der Waals surface area contributed by atoms with E-state index >= 15 is 0 Å². The summed E-state index contributed by atoms with van der Waals surface area (Å²) in [6.07, 6.45) is 0.839. The number of benzene rings is 2. The van der Waals surface area contributed by atoms with Crippen molar-refractivity contribution in [1.82, 2.24) is 4.72 Å². The molecule has 0 saturated heterocycles. The van der Waals surface area contributed by atoms with Gasteiger partial charge in [0, 0.05) is 17.6 Å². The van der Waals surface area contributed by atoms with E-state index in [2.05, 4.69) is 4.72 Å². The van der Waals surface area contributed by atoms with Crippen LogP contribution in [0.5, 0.6) is 0 Å². The summed E-state index contributed by atoms with van der Waals surface area (Å²) < 4.78 is 27.2. The van der Waals surface area contributed by atoms with Gasteiger partial charge >= 0.3 is 0 Å². The van der Waals surface area contributed by atoms with E-state index in [1.54, 1.807) is 18.2 Å². The van der Waals surface area contributed by atoms with Crippen LogP contribution in [0.2, 0.25) is 0 Å². The standard InChI is InChI=1S/C15H16N2O2S/c16-12-7-4-8-13(9-12)20(18,19)17-15-10-14(15)11-5-2-1-3-6-11/h1-9,14-15,17H,10,16H2. The van der Waals surface area contributed by atoms with Gasteiger partial charge in [0.15, 0.2) is 0 Å². The summed E-state index contributed by atoms with van der Waals surface area (Å²) in [6, 6.07) is 16.3. The number of sulfonamides is 1. The van der Waals surface area contributed by atoms with Crippen molar-refractivity contribution in [2.45, 2.75) is 23.3 Å². The fraction of sp³-hybridized carbons (Fsp3) is 0.200. The van der Waals surface area contributed by atoms with Crippen LogP contribution >= 0.6 is 0 Å². The third kappa shape index (κ3) is 2.69. The van der Waals surface area contributed by atoms with Gasteiger partial charge in [-0.05, 0) is 30.2 Å². The normalized spacial score (nSPS) is 21.6. The quantitative estimate of drug-likeness (QED) is 0.846. The first-order valence-electron chi connectivity index (χ1n) is 6.49. The third-order valence-corrected chi connectivity index (χ3v) is 4.98. The SMILES string of the molecule is Nc1cccc(S(=O)(=O)NC2CC2c2ccccc2)c1. The van der Waals surface area contributed by atoms with E-state index in [4.69, 9.17) is 5.73 Å². The molecule has 1 saturated carbocycles. The van der Waals surface area contributed by atoms with Crippen LogP contribution in [0.1, 0.15) is 17.9 Å². The average Bonchev–Trinajstić information content (AvgIpc) is 3.18. The summed E-state index contributed by atoms with van der Waals surface area (Å²) in [5, 5.41) is 0. The summed E-state index contributed by atoms with van der Waals surface area (Å²) >= 11 is 0. The van der Waals surface area contributed by atoms with Gasteiger partial charge in [0.25, 0.3) is 0 Å². The van der Waals surface area contributed by atoms with Crippen LogP contribution in [0.15, 0.2) is 59.5 Å². The molecule has 0 radical (unpaired) electrons. The zero-order valence-electron chi connectivity index (χ0n) is 10.9. The first-order valence-corrected chi connectivity index (χ1v) is 7.97. The van der Waals surface area contributed by atoms with Gasteiger partial charge in [0.05, 0.1) is 4.90 Å². The van der Waals surface area contributed by atoms with Crippen LogP contribution in [0.3, 0.4) is 0 Å². The van der Waals surface area contributed by atoms with Crippen molar-refractivity contribution in [3.8, 4) is 0 Å². The molecule has 2 atom stereocenters. The fourth-order valence-electron chi connectivity index (χ4n) is 2.34. The molecule has 4 nitrogen and oxygen atoms in total. The molecule has 0 bridgehead atoms. The minimum absolute atomic E-state index is 0.0242. The lowest BCUT2D eigenvalue weighted by molar-refractivity contribution is 0.580. The van der Waals surface area contributed by atoms with Crippen molar-refractivity contribution >= 4 is 15.7 Å². The molecule has 3 N–H and O–H groups in total. The van der Waals surface area contributed by atoms with E-state index in [-0.39, 0.29) is 16.9 Å². The summed E-state index contributed by atoms with van der Waals surface area (Å²) in [7, 11) is -3.49. The van der Waals surface area contributed by atoms with Gasteiger partial charge in [0.1, 0.15) is 0 Å². The Bertz CT molecular complexity index is 714. The molecule has 20 heavy (non-hydrogen) atoms. The second kappa shape index (κ2) is 4.92. The minimum Gasteiger partial charge on any atom is -0.399 e. The predicted octanol–water partition coefficient (Wildman–Crippen LogP) is 2.10. The molecule has 0 spiro atoms. The molecule has 0 aromatic heterocycles. The van der Waals surface area contributed by atoms with Crippen LogP contribution in [0.25, 0.3) is 0 Å². The van der Waals surface area contributed by atoms with Crippen molar-refractivity contribution in [3.05, 3.63) is 60.2 Å². The number of hydrogen-bond acceptors (Lipinski definition) is 3. The van der Waals surface area contributed by atoms with Crippen LogP contribution < -0.4 is 10.5 Å². The van der Waals surface area contributed by atoms with Crippen molar-refractivity contribution in [3.63, 3.8) is 0 Å². The Hall–Kier alpha value is -1.85. The second-order valence-corrected chi connectivity index (χ2v) is 6.77. The largest absolute Gasteiger partial charge is 0.399 e. The highest BCUT2D eigenvalue weighted by Crippen LogP contribution is 2.41. The fourth-order valence-corrected chi connectivity index (χ4v) is 3.69. The maximum Gasteiger partial charge on any atom is 0.240 e. The molecule has 2 aromatic carbocycles. The maximum atomic E-state index is 12.2. The highest BCUT2D eigenvalue weighted by atomic mass is 32.2. The van der Waals surface area contributed by atoms with E-state index in [0.717, 1.165) is 6.42 Å². The van der Waals surface area contributed by atoms with Crippen molar-refractivity contribution < 1.29 is 8.42 Å². The Morgan fingerprint density at radius 2 is 1.80 bits per heavy atom. The van der Waals surface area contributed by atoms with Gasteiger partial charge < -0.3 is 5.73 Å². The Kier molecular flexibility index (Phi) is 3.23. The van der Waals surface area contributed by atoms with E-state index in [9.17, 15) is 8.42 Å². The highest BCUT2D eigenvalue weighted by Gasteiger charge is 2.41. The molecule has 3 rings (SSSR count). The molecule has 104 valence electrons. The summed E-state index contributed by atoms with van der Waals surface area (Å²) in [6.45, 7) is 0. The van der Waals surface area contributed by atoms with Crippen molar-refractivity contribution in [2.75, 3.05) is 5.73 Å². The maximum absolute atomic E-state index is 12.2. The Morgan fingerprint density at radius 1 is 1.05 bits per heavy atom. The third-order valence-electron chi connectivity index (χ3n) is 3.49. The lowest BCUT2D eigenvalue weighted by Gasteiger charge is -2.07. The zero-order chi connectivity index (χ0) is 14.2. The molecule has 1 aliphatic carbocycles. The minimum atomic E-state index is -3.49. The summed E-state index contributed by atoms with van der Waals surface area (Å²) in [5.41, 5.74) is 7.25. The van der Waals surface area contributed by atoms with E-state index in [0.29, 0.717) is 5.69 Å². The number of rotatable bonds is 4. The lowest BCUT2D eigenvalue weighted by Crippen LogP contribution is -2.26. The lowest BCUT2D eigenvalue weighted by atomic mass is 10.1. The van der Waals surface area contributed by atoms with Crippen LogP contribution in [-0.2, 0) is 10.0 Å². The molecular weight excluding hydrogens is 272 g/mol. The molecule has 5 heteroatoms. The van der Waals surface area contributed by atoms with Gasteiger partial charge in [-0.25, -0.2) is 13.1 Å². The number of anilines is 1. The van der Waals surface area contributed by atoms with E-state index in [1.807, 2.05) is 30.3 Å². The van der Waals surface area contributed by atoms with E-state index in [1.165, 1.54) is 11.6 Å². The van der Waals surface area contributed by atoms with Crippen LogP contribution in [0, 0.1) is 0 Å². The smallest absolute Gasteiger partial charge is 0.240 e. The Morgan fingerprint density at radius 3 is 2.50 bits per heavy atom. The van der Waals surface area contributed by atoms with Crippen molar-refractivity contribution in [1.29, 1.82) is 0 Å². The Balaban J connectivity index is 1.73. The molecule has 2 unspecified atom stereocenters. The molecule has 2 aromatic rings. The van der Waals surface area contributed by atoms with Gasteiger partial charge in [0.2, 0.25) is 10.0 Å². The first-order chi connectivity index (χ1) is 9.56. The zero-order valence-corrected chi connectivity index (χ0v) is 11.7. The predicted molar refractivity (Wildman–Crippen MR) is 78.8 cm³/mol. The van der Waals surface area contributed by atoms with Crippen molar-refractivity contribution in [2.24, 2.45) is 0 Å². The number of nitrogen functional groups attached to an aromatic ring is 1. The number of nitrogens with two attached hydrogens (primary N) is 1. The molecule has 0 aliphatic heterocycles.